The molecule has 1 N–H and O–H groups in total. The first-order valence-electron chi connectivity index (χ1n) is 6.85. The van der Waals surface area contributed by atoms with Crippen molar-refractivity contribution < 1.29 is 0 Å². The number of nitrogens with zero attached hydrogens (tertiary/aromatic N) is 4. The minimum atomic E-state index is 0.411. The topological polar surface area (TPSA) is 55.6 Å². The van der Waals surface area contributed by atoms with Gasteiger partial charge in [0.15, 0.2) is 5.82 Å². The van der Waals surface area contributed by atoms with E-state index in [2.05, 4.69) is 22.2 Å². The average Bonchev–Trinajstić information content (AvgIpc) is 2.85. The van der Waals surface area contributed by atoms with Crippen LogP contribution in [-0.2, 0) is 13.5 Å². The van der Waals surface area contributed by atoms with E-state index in [0.29, 0.717) is 6.04 Å². The molecule has 0 bridgehead atoms. The van der Waals surface area contributed by atoms with Gasteiger partial charge in [0.25, 0.3) is 0 Å². The lowest BCUT2D eigenvalue weighted by Gasteiger charge is -2.25. The Labute approximate surface area is 113 Å². The van der Waals surface area contributed by atoms with Crippen LogP contribution in [0.2, 0.25) is 0 Å². The average molecular weight is 257 g/mol. The van der Waals surface area contributed by atoms with E-state index in [4.69, 9.17) is 4.98 Å². The molecular weight excluding hydrogens is 238 g/mol. The third-order valence-electron chi connectivity index (χ3n) is 3.68. The van der Waals surface area contributed by atoms with Crippen molar-refractivity contribution in [1.29, 1.82) is 0 Å². The Kier molecular flexibility index (Phi) is 3.29. The lowest BCUT2D eigenvalue weighted by Crippen LogP contribution is -2.26. The van der Waals surface area contributed by atoms with Gasteiger partial charge in [-0.25, -0.2) is 15.0 Å². The number of nitrogens with one attached hydrogen (secondary N) is 1. The number of rotatable bonds is 3. The third kappa shape index (κ3) is 2.26. The molecule has 5 heteroatoms. The van der Waals surface area contributed by atoms with Gasteiger partial charge < -0.3 is 9.88 Å². The molecule has 1 atom stereocenters. The predicted molar refractivity (Wildman–Crippen MR) is 73.6 cm³/mol. The van der Waals surface area contributed by atoms with E-state index in [9.17, 15) is 0 Å². The van der Waals surface area contributed by atoms with Crippen LogP contribution < -0.4 is 5.32 Å². The van der Waals surface area contributed by atoms with Gasteiger partial charge >= 0.3 is 0 Å². The van der Waals surface area contributed by atoms with E-state index >= 15 is 0 Å². The number of hydrogen-bond acceptors (Lipinski definition) is 4. The second-order valence-corrected chi connectivity index (χ2v) is 4.99. The summed E-state index contributed by atoms with van der Waals surface area (Å²) in [6.07, 6.45) is 8.98. The Morgan fingerprint density at radius 1 is 1.42 bits per heavy atom. The molecule has 2 aromatic rings. The molecule has 0 aliphatic heterocycles. The highest BCUT2D eigenvalue weighted by atomic mass is 15.1. The molecule has 1 aliphatic carbocycles. The maximum atomic E-state index is 4.74. The lowest BCUT2D eigenvalue weighted by atomic mass is 9.92. The Morgan fingerprint density at radius 3 is 3.05 bits per heavy atom. The Balaban J connectivity index is 1.98. The zero-order valence-electron chi connectivity index (χ0n) is 11.4. The molecule has 0 saturated carbocycles. The van der Waals surface area contributed by atoms with Crippen molar-refractivity contribution in [2.75, 3.05) is 6.54 Å². The molecule has 5 nitrogen and oxygen atoms in total. The number of fused-ring (bicyclic) bond motifs is 1. The quantitative estimate of drug-likeness (QED) is 0.912. The van der Waals surface area contributed by atoms with Crippen molar-refractivity contribution in [3.63, 3.8) is 0 Å². The first-order chi connectivity index (χ1) is 9.29. The fourth-order valence-electron chi connectivity index (χ4n) is 2.70. The largest absolute Gasteiger partial charge is 0.331 e. The maximum Gasteiger partial charge on any atom is 0.178 e. The number of aryl methyl sites for hydroxylation is 2. The summed E-state index contributed by atoms with van der Waals surface area (Å²) in [7, 11) is 1.96. The summed E-state index contributed by atoms with van der Waals surface area (Å²) < 4.78 is 1.95. The highest BCUT2D eigenvalue weighted by Gasteiger charge is 2.22. The molecule has 19 heavy (non-hydrogen) atoms. The van der Waals surface area contributed by atoms with E-state index in [1.54, 1.807) is 6.33 Å². The first-order valence-corrected chi connectivity index (χ1v) is 6.85. The molecule has 0 radical (unpaired) electrons. The van der Waals surface area contributed by atoms with Gasteiger partial charge in [0.05, 0.1) is 12.5 Å². The monoisotopic (exact) mass is 257 g/mol. The molecule has 2 heterocycles. The van der Waals surface area contributed by atoms with Crippen molar-refractivity contribution in [3.05, 3.63) is 30.0 Å². The Bertz CT molecular complexity index is 575. The normalized spacial score (nSPS) is 18.3. The van der Waals surface area contributed by atoms with Gasteiger partial charge in [-0.1, -0.05) is 6.92 Å². The van der Waals surface area contributed by atoms with Crippen LogP contribution in [0.5, 0.6) is 0 Å². The van der Waals surface area contributed by atoms with Gasteiger partial charge in [-0.3, -0.25) is 0 Å². The minimum Gasteiger partial charge on any atom is -0.331 e. The SMILES string of the molecule is CCNC1CCCc2nc(-c3cncn3C)ncc21. The van der Waals surface area contributed by atoms with Crippen molar-refractivity contribution in [2.45, 2.75) is 32.2 Å². The van der Waals surface area contributed by atoms with Gasteiger partial charge in [0.1, 0.15) is 5.69 Å². The summed E-state index contributed by atoms with van der Waals surface area (Å²) in [4.78, 5) is 13.4. The molecule has 0 fully saturated rings. The lowest BCUT2D eigenvalue weighted by molar-refractivity contribution is 0.464. The van der Waals surface area contributed by atoms with Gasteiger partial charge in [-0.05, 0) is 25.8 Å². The molecule has 100 valence electrons. The zero-order valence-corrected chi connectivity index (χ0v) is 11.4. The molecular formula is C14H19N5. The van der Waals surface area contributed by atoms with Crippen LogP contribution in [0.1, 0.15) is 37.1 Å². The van der Waals surface area contributed by atoms with E-state index in [1.807, 2.05) is 24.0 Å². The number of imidazole rings is 1. The summed E-state index contributed by atoms with van der Waals surface area (Å²) in [6.45, 7) is 3.12. The molecule has 1 unspecified atom stereocenters. The molecule has 0 saturated heterocycles. The molecule has 0 aromatic carbocycles. The van der Waals surface area contributed by atoms with E-state index in [0.717, 1.165) is 24.5 Å². The summed E-state index contributed by atoms with van der Waals surface area (Å²) in [5.74, 6) is 0.774. The van der Waals surface area contributed by atoms with Crippen LogP contribution in [0.25, 0.3) is 11.5 Å². The van der Waals surface area contributed by atoms with Crippen LogP contribution in [0, 0.1) is 0 Å². The molecule has 2 aromatic heterocycles. The molecule has 3 rings (SSSR count). The van der Waals surface area contributed by atoms with E-state index in [-0.39, 0.29) is 0 Å². The fraction of sp³-hybridized carbons (Fsp3) is 0.500. The van der Waals surface area contributed by atoms with Crippen molar-refractivity contribution in [1.82, 2.24) is 24.8 Å². The fourth-order valence-corrected chi connectivity index (χ4v) is 2.70. The second kappa shape index (κ2) is 5.09. The Hall–Kier alpha value is -1.75. The van der Waals surface area contributed by atoms with Crippen LogP contribution in [-0.4, -0.2) is 26.1 Å². The molecule has 1 aliphatic rings. The van der Waals surface area contributed by atoms with Crippen LogP contribution in [0.4, 0.5) is 0 Å². The minimum absolute atomic E-state index is 0.411. The predicted octanol–water partition coefficient (Wildman–Crippen LogP) is 1.86. The van der Waals surface area contributed by atoms with E-state index < -0.39 is 0 Å². The highest BCUT2D eigenvalue weighted by molar-refractivity contribution is 5.49. The van der Waals surface area contributed by atoms with Crippen molar-refractivity contribution >= 4 is 0 Å². The second-order valence-electron chi connectivity index (χ2n) is 4.99. The summed E-state index contributed by atoms with van der Waals surface area (Å²) in [6, 6.07) is 0.411. The maximum absolute atomic E-state index is 4.74. The van der Waals surface area contributed by atoms with Gasteiger partial charge in [0, 0.05) is 30.5 Å². The summed E-state index contributed by atoms with van der Waals surface area (Å²) >= 11 is 0. The third-order valence-corrected chi connectivity index (χ3v) is 3.68. The number of hydrogen-bond donors (Lipinski definition) is 1. The Morgan fingerprint density at radius 2 is 2.32 bits per heavy atom. The standard InChI is InChI=1S/C14H19N5/c1-3-16-11-5-4-6-12-10(11)7-17-14(18-12)13-8-15-9-19(13)2/h7-9,11,16H,3-6H2,1-2H3. The highest BCUT2D eigenvalue weighted by Crippen LogP contribution is 2.29. The van der Waals surface area contributed by atoms with Gasteiger partial charge in [0.2, 0.25) is 0 Å². The molecule has 0 spiro atoms. The number of aromatic nitrogens is 4. The first kappa shape index (κ1) is 12.3. The molecule has 0 amide bonds. The van der Waals surface area contributed by atoms with Crippen LogP contribution >= 0.6 is 0 Å². The van der Waals surface area contributed by atoms with Gasteiger partial charge in [-0.15, -0.1) is 0 Å². The summed E-state index contributed by atoms with van der Waals surface area (Å²) in [5.41, 5.74) is 3.41. The van der Waals surface area contributed by atoms with Crippen molar-refractivity contribution in [2.24, 2.45) is 7.05 Å². The van der Waals surface area contributed by atoms with Crippen LogP contribution in [0.3, 0.4) is 0 Å². The van der Waals surface area contributed by atoms with E-state index in [1.165, 1.54) is 24.1 Å². The summed E-state index contributed by atoms with van der Waals surface area (Å²) in [5, 5.41) is 3.51. The van der Waals surface area contributed by atoms with Gasteiger partial charge in [-0.2, -0.15) is 0 Å². The zero-order chi connectivity index (χ0) is 13.2. The van der Waals surface area contributed by atoms with Crippen molar-refractivity contribution in [3.8, 4) is 11.5 Å². The smallest absolute Gasteiger partial charge is 0.178 e. The van der Waals surface area contributed by atoms with Crippen LogP contribution in [0.15, 0.2) is 18.7 Å².